The Morgan fingerprint density at radius 1 is 0.842 bits per heavy atom. The maximum atomic E-state index is 13.5. The lowest BCUT2D eigenvalue weighted by Gasteiger charge is -2.24. The highest BCUT2D eigenvalue weighted by molar-refractivity contribution is 7.93. The number of rotatable bonds is 9. The molecule has 2 N–H and O–H groups in total. The summed E-state index contributed by atoms with van der Waals surface area (Å²) < 4.78 is 68.8. The van der Waals surface area contributed by atoms with Gasteiger partial charge in [-0.2, -0.15) is 0 Å². The summed E-state index contributed by atoms with van der Waals surface area (Å²) in [6, 6.07) is 19.4. The van der Waals surface area contributed by atoms with E-state index < -0.39 is 38.3 Å². The standard InChI is InChI=1S/C26H23FN4O5S2/c1-19-4-12-25(13-5-19)38(35,36)31(23-10-6-20(27)7-11-23)18-26(32)29-21-8-14-24(15-9-21)37(33,34)30-22-3-2-16-28-17-22/h2-17,30H,18H2,1H3,(H,29,32). The zero-order valence-electron chi connectivity index (χ0n) is 20.1. The molecule has 196 valence electrons. The van der Waals surface area contributed by atoms with E-state index in [-0.39, 0.29) is 21.2 Å². The molecule has 0 spiro atoms. The highest BCUT2D eigenvalue weighted by Gasteiger charge is 2.27. The predicted octanol–water partition coefficient (Wildman–Crippen LogP) is 4.16. The molecular weight excluding hydrogens is 531 g/mol. The second-order valence-corrected chi connectivity index (χ2v) is 11.8. The van der Waals surface area contributed by atoms with Crippen LogP contribution >= 0.6 is 0 Å². The van der Waals surface area contributed by atoms with Crippen molar-refractivity contribution in [2.75, 3.05) is 20.9 Å². The van der Waals surface area contributed by atoms with E-state index in [1.807, 2.05) is 6.92 Å². The zero-order chi connectivity index (χ0) is 27.3. The van der Waals surface area contributed by atoms with Gasteiger partial charge in [0.05, 0.1) is 27.4 Å². The highest BCUT2D eigenvalue weighted by Crippen LogP contribution is 2.25. The molecule has 1 heterocycles. The number of nitrogens with zero attached hydrogens (tertiary/aromatic N) is 2. The third kappa shape index (κ3) is 6.33. The Morgan fingerprint density at radius 2 is 1.47 bits per heavy atom. The number of halogens is 1. The summed E-state index contributed by atoms with van der Waals surface area (Å²) in [6.07, 6.45) is 2.88. The molecule has 4 aromatic rings. The summed E-state index contributed by atoms with van der Waals surface area (Å²) in [5.74, 6) is -1.24. The first-order valence-electron chi connectivity index (χ1n) is 11.2. The minimum absolute atomic E-state index is 0.0316. The van der Waals surface area contributed by atoms with Gasteiger partial charge in [0, 0.05) is 11.9 Å². The number of anilines is 3. The lowest BCUT2D eigenvalue weighted by atomic mass is 10.2. The molecule has 4 rings (SSSR count). The summed E-state index contributed by atoms with van der Waals surface area (Å²) >= 11 is 0. The molecule has 0 radical (unpaired) electrons. The van der Waals surface area contributed by atoms with E-state index in [0.29, 0.717) is 5.69 Å². The number of pyridine rings is 1. The summed E-state index contributed by atoms with van der Waals surface area (Å²) in [6.45, 7) is 1.21. The minimum Gasteiger partial charge on any atom is -0.325 e. The van der Waals surface area contributed by atoms with Crippen molar-refractivity contribution >= 4 is 43.0 Å². The number of aromatic nitrogens is 1. The Balaban J connectivity index is 1.53. The molecule has 9 nitrogen and oxygen atoms in total. The molecule has 12 heteroatoms. The summed E-state index contributed by atoms with van der Waals surface area (Å²) in [7, 11) is -8.06. The third-order valence-corrected chi connectivity index (χ3v) is 8.56. The number of aryl methyl sites for hydroxylation is 1. The van der Waals surface area contributed by atoms with Crippen LogP contribution in [0.5, 0.6) is 0 Å². The molecule has 38 heavy (non-hydrogen) atoms. The molecule has 1 amide bonds. The molecule has 0 saturated carbocycles. The first-order chi connectivity index (χ1) is 18.0. The predicted molar refractivity (Wildman–Crippen MR) is 142 cm³/mol. The van der Waals surface area contributed by atoms with Gasteiger partial charge in [0.15, 0.2) is 0 Å². The second kappa shape index (κ2) is 11.0. The molecule has 3 aromatic carbocycles. The van der Waals surface area contributed by atoms with Crippen LogP contribution in [0, 0.1) is 12.7 Å². The largest absolute Gasteiger partial charge is 0.325 e. The van der Waals surface area contributed by atoms with E-state index in [2.05, 4.69) is 15.0 Å². The molecule has 0 fully saturated rings. The van der Waals surface area contributed by atoms with E-state index in [1.165, 1.54) is 60.9 Å². The van der Waals surface area contributed by atoms with Crippen molar-refractivity contribution in [2.24, 2.45) is 0 Å². The summed E-state index contributed by atoms with van der Waals surface area (Å²) in [5.41, 5.74) is 1.50. The number of benzene rings is 3. The van der Waals surface area contributed by atoms with Gasteiger partial charge in [-0.1, -0.05) is 17.7 Å². The van der Waals surface area contributed by atoms with Crippen molar-refractivity contribution in [1.29, 1.82) is 0 Å². The summed E-state index contributed by atoms with van der Waals surface area (Å²) in [4.78, 5) is 16.7. The van der Waals surface area contributed by atoms with Gasteiger partial charge in [0.1, 0.15) is 12.4 Å². The van der Waals surface area contributed by atoms with Crippen LogP contribution in [0.3, 0.4) is 0 Å². The number of hydrogen-bond donors (Lipinski definition) is 2. The van der Waals surface area contributed by atoms with Crippen LogP contribution in [-0.2, 0) is 24.8 Å². The maximum Gasteiger partial charge on any atom is 0.264 e. The monoisotopic (exact) mass is 554 g/mol. The minimum atomic E-state index is -4.17. The molecule has 0 aliphatic carbocycles. The van der Waals surface area contributed by atoms with Gasteiger partial charge in [0.25, 0.3) is 20.0 Å². The number of nitrogens with one attached hydrogen (secondary N) is 2. The van der Waals surface area contributed by atoms with Crippen LogP contribution in [-0.4, -0.2) is 34.3 Å². The van der Waals surface area contributed by atoms with Crippen molar-refractivity contribution in [3.05, 3.63) is 109 Å². The Labute approximate surface area is 220 Å². The quantitative estimate of drug-likeness (QED) is 0.320. The van der Waals surface area contributed by atoms with Crippen molar-refractivity contribution in [1.82, 2.24) is 4.98 Å². The Hall–Kier alpha value is -4.29. The molecule has 0 bridgehead atoms. The molecule has 0 aliphatic heterocycles. The van der Waals surface area contributed by atoms with Crippen LogP contribution in [0.1, 0.15) is 5.56 Å². The number of carbonyl (C=O) groups excluding carboxylic acids is 1. The Morgan fingerprint density at radius 3 is 2.08 bits per heavy atom. The van der Waals surface area contributed by atoms with Gasteiger partial charge in [-0.05, 0) is 79.7 Å². The highest BCUT2D eigenvalue weighted by atomic mass is 32.2. The van der Waals surface area contributed by atoms with Crippen molar-refractivity contribution in [3.8, 4) is 0 Å². The third-order valence-electron chi connectivity index (χ3n) is 5.37. The van der Waals surface area contributed by atoms with Gasteiger partial charge in [0.2, 0.25) is 5.91 Å². The van der Waals surface area contributed by atoms with Crippen LogP contribution in [0.2, 0.25) is 0 Å². The average molecular weight is 555 g/mol. The van der Waals surface area contributed by atoms with E-state index in [9.17, 15) is 26.0 Å². The number of hydrogen-bond acceptors (Lipinski definition) is 6. The molecule has 0 aliphatic rings. The lowest BCUT2D eigenvalue weighted by molar-refractivity contribution is -0.114. The number of sulfonamides is 2. The first-order valence-corrected chi connectivity index (χ1v) is 14.1. The van der Waals surface area contributed by atoms with E-state index in [4.69, 9.17) is 0 Å². The van der Waals surface area contributed by atoms with Crippen LogP contribution < -0.4 is 14.3 Å². The second-order valence-electron chi connectivity index (χ2n) is 8.22. The Kier molecular flexibility index (Phi) is 7.74. The average Bonchev–Trinajstić information content (AvgIpc) is 2.89. The van der Waals surface area contributed by atoms with Gasteiger partial charge in [-0.25, -0.2) is 21.2 Å². The van der Waals surface area contributed by atoms with Crippen LogP contribution in [0.25, 0.3) is 0 Å². The topological polar surface area (TPSA) is 126 Å². The molecule has 1 aromatic heterocycles. The van der Waals surface area contributed by atoms with Crippen molar-refractivity contribution < 1.29 is 26.0 Å². The van der Waals surface area contributed by atoms with E-state index in [0.717, 1.165) is 22.0 Å². The fraction of sp³-hybridized carbons (Fsp3) is 0.0769. The first kappa shape index (κ1) is 26.8. The zero-order valence-corrected chi connectivity index (χ0v) is 21.7. The normalized spacial score (nSPS) is 11.5. The van der Waals surface area contributed by atoms with Crippen LogP contribution in [0.4, 0.5) is 21.5 Å². The van der Waals surface area contributed by atoms with Crippen LogP contribution in [0.15, 0.2) is 107 Å². The molecule has 0 atom stereocenters. The maximum absolute atomic E-state index is 13.5. The SMILES string of the molecule is Cc1ccc(S(=O)(=O)N(CC(=O)Nc2ccc(S(=O)(=O)Nc3cccnc3)cc2)c2ccc(F)cc2)cc1. The van der Waals surface area contributed by atoms with Crippen molar-refractivity contribution in [2.45, 2.75) is 16.7 Å². The fourth-order valence-electron chi connectivity index (χ4n) is 3.45. The fourth-order valence-corrected chi connectivity index (χ4v) is 5.91. The summed E-state index contributed by atoms with van der Waals surface area (Å²) in [5, 5.41) is 2.57. The van der Waals surface area contributed by atoms with Gasteiger partial charge >= 0.3 is 0 Å². The molecular formula is C26H23FN4O5S2. The smallest absolute Gasteiger partial charge is 0.264 e. The lowest BCUT2D eigenvalue weighted by Crippen LogP contribution is -2.38. The van der Waals surface area contributed by atoms with E-state index >= 15 is 0 Å². The molecule has 0 unspecified atom stereocenters. The van der Waals surface area contributed by atoms with Crippen molar-refractivity contribution in [3.63, 3.8) is 0 Å². The van der Waals surface area contributed by atoms with Gasteiger partial charge < -0.3 is 5.32 Å². The van der Waals surface area contributed by atoms with E-state index in [1.54, 1.807) is 24.3 Å². The Bertz CT molecular complexity index is 1630. The molecule has 0 saturated heterocycles. The number of amides is 1. The van der Waals surface area contributed by atoms with Gasteiger partial charge in [-0.3, -0.25) is 18.8 Å². The number of carbonyl (C=O) groups is 1. The van der Waals surface area contributed by atoms with Gasteiger partial charge in [-0.15, -0.1) is 0 Å².